The Morgan fingerprint density at radius 1 is 1.25 bits per heavy atom. The lowest BCUT2D eigenvalue weighted by molar-refractivity contribution is -0.160. The summed E-state index contributed by atoms with van der Waals surface area (Å²) in [6.07, 6.45) is 0.0789. The van der Waals surface area contributed by atoms with E-state index >= 15 is 0 Å². The van der Waals surface area contributed by atoms with Gasteiger partial charge in [-0.1, -0.05) is 27.7 Å². The molecule has 1 fully saturated rings. The fourth-order valence-corrected chi connectivity index (χ4v) is 3.97. The first-order valence-electron chi connectivity index (χ1n) is 9.17. The van der Waals surface area contributed by atoms with Gasteiger partial charge >= 0.3 is 19.8 Å². The van der Waals surface area contributed by atoms with E-state index in [1.54, 1.807) is 13.8 Å². The number of methoxy groups -OCH3 is 1. The van der Waals surface area contributed by atoms with Crippen molar-refractivity contribution in [2.45, 2.75) is 53.1 Å². The third-order valence-corrected chi connectivity index (χ3v) is 5.70. The lowest BCUT2D eigenvalue weighted by atomic mass is 9.87. The summed E-state index contributed by atoms with van der Waals surface area (Å²) in [4.78, 5) is 35.4. The zero-order valence-corrected chi connectivity index (χ0v) is 17.9. The SMILES string of the molecule is CCC(CC)C(=O)OCOP1(=O)OCC(C)(C)[C@H](C(=O)NCCC(=O)OC)O1. The maximum atomic E-state index is 12.6. The summed E-state index contributed by atoms with van der Waals surface area (Å²) in [5.41, 5.74) is -0.793. The summed E-state index contributed by atoms with van der Waals surface area (Å²) in [6.45, 7) is 6.49. The maximum absolute atomic E-state index is 12.6. The molecule has 0 aromatic rings. The van der Waals surface area contributed by atoms with Gasteiger partial charge in [-0.3, -0.25) is 23.4 Å². The molecular formula is C17H30NO9P. The van der Waals surface area contributed by atoms with Crippen molar-refractivity contribution in [2.24, 2.45) is 11.3 Å². The number of phosphoric acid groups is 1. The van der Waals surface area contributed by atoms with Crippen LogP contribution < -0.4 is 5.32 Å². The van der Waals surface area contributed by atoms with Crippen LogP contribution in [0.15, 0.2) is 0 Å². The number of hydrogen-bond donors (Lipinski definition) is 1. The van der Waals surface area contributed by atoms with E-state index in [1.165, 1.54) is 7.11 Å². The lowest BCUT2D eigenvalue weighted by Gasteiger charge is -2.39. The van der Waals surface area contributed by atoms with Gasteiger partial charge in [-0.05, 0) is 12.8 Å². The molecule has 1 aliphatic rings. The molecule has 0 aromatic carbocycles. The lowest BCUT2D eigenvalue weighted by Crippen LogP contribution is -2.50. The van der Waals surface area contributed by atoms with Gasteiger partial charge in [-0.25, -0.2) is 9.09 Å². The smallest absolute Gasteiger partial charge is 0.469 e. The van der Waals surface area contributed by atoms with Crippen molar-refractivity contribution in [1.29, 1.82) is 0 Å². The van der Waals surface area contributed by atoms with E-state index < -0.39 is 44.0 Å². The highest BCUT2D eigenvalue weighted by Crippen LogP contribution is 2.57. The van der Waals surface area contributed by atoms with Crippen molar-refractivity contribution in [3.63, 3.8) is 0 Å². The summed E-state index contributed by atoms with van der Waals surface area (Å²) < 4.78 is 37.6. The maximum Gasteiger partial charge on any atom is 0.478 e. The quantitative estimate of drug-likeness (QED) is 0.319. The molecule has 1 saturated heterocycles. The predicted molar refractivity (Wildman–Crippen MR) is 98.0 cm³/mol. The van der Waals surface area contributed by atoms with Crippen LogP contribution in [0.2, 0.25) is 0 Å². The topological polar surface area (TPSA) is 126 Å². The Labute approximate surface area is 165 Å². The van der Waals surface area contributed by atoms with E-state index in [0.717, 1.165) is 0 Å². The molecule has 0 saturated carbocycles. The number of amides is 1. The third-order valence-electron chi connectivity index (χ3n) is 4.36. The predicted octanol–water partition coefficient (Wildman–Crippen LogP) is 2.17. The highest BCUT2D eigenvalue weighted by atomic mass is 31.2. The average Bonchev–Trinajstić information content (AvgIpc) is 2.64. The number of hydrogen-bond acceptors (Lipinski definition) is 9. The van der Waals surface area contributed by atoms with E-state index in [9.17, 15) is 18.9 Å². The third kappa shape index (κ3) is 7.16. The van der Waals surface area contributed by atoms with Crippen LogP contribution in [0.5, 0.6) is 0 Å². The molecule has 1 unspecified atom stereocenters. The Bertz CT molecular complexity index is 603. The summed E-state index contributed by atoms with van der Waals surface area (Å²) in [5.74, 6) is -1.77. The number of phosphoric ester groups is 1. The highest BCUT2D eigenvalue weighted by molar-refractivity contribution is 7.48. The summed E-state index contributed by atoms with van der Waals surface area (Å²) in [5, 5.41) is 2.53. The number of carbonyl (C=O) groups excluding carboxylic acids is 3. The molecule has 0 spiro atoms. The van der Waals surface area contributed by atoms with Crippen molar-refractivity contribution in [1.82, 2.24) is 5.32 Å². The van der Waals surface area contributed by atoms with Gasteiger partial charge in [0.15, 0.2) is 6.10 Å². The summed E-state index contributed by atoms with van der Waals surface area (Å²) >= 11 is 0. The molecule has 0 aromatic heterocycles. The molecule has 0 bridgehead atoms. The van der Waals surface area contributed by atoms with Crippen LogP contribution in [0.1, 0.15) is 47.0 Å². The van der Waals surface area contributed by atoms with E-state index in [-0.39, 0.29) is 25.5 Å². The highest BCUT2D eigenvalue weighted by Gasteiger charge is 2.49. The molecule has 1 N–H and O–H groups in total. The second-order valence-corrected chi connectivity index (χ2v) is 8.66. The van der Waals surface area contributed by atoms with Crippen molar-refractivity contribution in [3.8, 4) is 0 Å². The monoisotopic (exact) mass is 423 g/mol. The van der Waals surface area contributed by atoms with Gasteiger partial charge < -0.3 is 14.8 Å². The number of esters is 2. The molecule has 162 valence electrons. The van der Waals surface area contributed by atoms with Gasteiger partial charge in [0.2, 0.25) is 12.7 Å². The number of carbonyl (C=O) groups is 3. The van der Waals surface area contributed by atoms with E-state index in [2.05, 4.69) is 10.1 Å². The Morgan fingerprint density at radius 2 is 1.89 bits per heavy atom. The number of nitrogens with one attached hydrogen (secondary N) is 1. The van der Waals surface area contributed by atoms with Crippen LogP contribution >= 0.6 is 7.82 Å². The Morgan fingerprint density at radius 3 is 2.46 bits per heavy atom. The van der Waals surface area contributed by atoms with Crippen molar-refractivity contribution < 1.29 is 42.0 Å². The van der Waals surface area contributed by atoms with Gasteiger partial charge in [0.1, 0.15) is 0 Å². The van der Waals surface area contributed by atoms with Crippen LogP contribution in [-0.4, -0.2) is 51.0 Å². The normalized spacial score (nSPS) is 23.9. The second kappa shape index (κ2) is 10.9. The van der Waals surface area contributed by atoms with Gasteiger partial charge in [0, 0.05) is 12.0 Å². The van der Waals surface area contributed by atoms with Crippen LogP contribution in [0.3, 0.4) is 0 Å². The molecule has 10 nitrogen and oxygen atoms in total. The average molecular weight is 423 g/mol. The fourth-order valence-electron chi connectivity index (χ4n) is 2.47. The van der Waals surface area contributed by atoms with Crippen molar-refractivity contribution in [2.75, 3.05) is 27.1 Å². The molecule has 1 heterocycles. The Kier molecular flexibility index (Phi) is 9.56. The standard InChI is InChI=1S/C17H30NO9P/c1-6-12(7-2)16(21)24-11-26-28(22)25-10-17(3,4)14(27-28)15(20)18-9-8-13(19)23-5/h12,14H,6-11H2,1-5H3,(H,18,20)/t14-,28?/m0/s1. The first-order chi connectivity index (χ1) is 13.1. The Hall–Kier alpha value is -1.48. The molecule has 11 heteroatoms. The molecular weight excluding hydrogens is 393 g/mol. The van der Waals surface area contributed by atoms with Crippen LogP contribution in [0.25, 0.3) is 0 Å². The van der Waals surface area contributed by atoms with Crippen LogP contribution in [0.4, 0.5) is 0 Å². The minimum Gasteiger partial charge on any atom is -0.469 e. The number of ether oxygens (including phenoxy) is 2. The van der Waals surface area contributed by atoms with Crippen LogP contribution in [-0.2, 0) is 42.0 Å². The van der Waals surface area contributed by atoms with E-state index in [4.69, 9.17) is 18.3 Å². The molecule has 28 heavy (non-hydrogen) atoms. The minimum absolute atomic E-state index is 0.00791. The molecule has 2 atom stereocenters. The molecule has 0 radical (unpaired) electrons. The zero-order valence-electron chi connectivity index (χ0n) is 17.0. The van der Waals surface area contributed by atoms with Crippen molar-refractivity contribution in [3.05, 3.63) is 0 Å². The first-order valence-corrected chi connectivity index (χ1v) is 10.6. The van der Waals surface area contributed by atoms with Crippen LogP contribution in [0, 0.1) is 11.3 Å². The van der Waals surface area contributed by atoms with Crippen molar-refractivity contribution >= 4 is 25.7 Å². The Balaban J connectivity index is 2.62. The second-order valence-electron chi connectivity index (χ2n) is 7.04. The van der Waals surface area contributed by atoms with Gasteiger partial charge in [-0.15, -0.1) is 0 Å². The number of rotatable bonds is 10. The largest absolute Gasteiger partial charge is 0.478 e. The minimum atomic E-state index is -4.09. The molecule has 1 rings (SSSR count). The molecule has 0 aliphatic carbocycles. The van der Waals surface area contributed by atoms with E-state index in [1.807, 2.05) is 13.8 Å². The van der Waals surface area contributed by atoms with Gasteiger partial charge in [0.05, 0.1) is 26.1 Å². The summed E-state index contributed by atoms with van der Waals surface area (Å²) in [6, 6.07) is 0. The molecule has 1 aliphatic heterocycles. The zero-order chi connectivity index (χ0) is 21.4. The first kappa shape index (κ1) is 24.6. The van der Waals surface area contributed by atoms with Gasteiger partial charge in [0.25, 0.3) is 0 Å². The summed E-state index contributed by atoms with van der Waals surface area (Å²) in [7, 11) is -2.84. The van der Waals surface area contributed by atoms with Gasteiger partial charge in [-0.2, -0.15) is 0 Å². The fraction of sp³-hybridized carbons (Fsp3) is 0.824. The van der Waals surface area contributed by atoms with E-state index in [0.29, 0.717) is 12.8 Å². The molecule has 1 amide bonds.